The maximum atomic E-state index is 11.5. The summed E-state index contributed by atoms with van der Waals surface area (Å²) in [5.74, 6) is 4.79. The van der Waals surface area contributed by atoms with Crippen molar-refractivity contribution >= 4 is 12.3 Å². The standard InChI is InChI=1S/C15H17NO3/c1-12(15(19)16-11-18)14-8-6-13(7-9-14)5-3-2-4-10-17/h6-9,11-12,17H,3,5,10H2,1H3,(H,16,18,19). The van der Waals surface area contributed by atoms with Gasteiger partial charge in [-0.3, -0.25) is 14.9 Å². The van der Waals surface area contributed by atoms with E-state index in [1.807, 2.05) is 24.3 Å². The highest BCUT2D eigenvalue weighted by atomic mass is 16.2. The van der Waals surface area contributed by atoms with Gasteiger partial charge in [0.25, 0.3) is 0 Å². The summed E-state index contributed by atoms with van der Waals surface area (Å²) in [7, 11) is 0. The van der Waals surface area contributed by atoms with Crippen LogP contribution >= 0.6 is 0 Å². The molecule has 0 fully saturated rings. The summed E-state index contributed by atoms with van der Waals surface area (Å²) in [4.78, 5) is 21.7. The third kappa shape index (κ3) is 4.94. The van der Waals surface area contributed by atoms with Crippen molar-refractivity contribution in [3.8, 4) is 11.8 Å². The normalized spacial score (nSPS) is 11.1. The van der Waals surface area contributed by atoms with Gasteiger partial charge in [-0.2, -0.15) is 0 Å². The van der Waals surface area contributed by atoms with Crippen LogP contribution in [0.3, 0.4) is 0 Å². The quantitative estimate of drug-likeness (QED) is 0.612. The Morgan fingerprint density at radius 3 is 2.63 bits per heavy atom. The van der Waals surface area contributed by atoms with Crippen LogP contribution in [0.5, 0.6) is 0 Å². The van der Waals surface area contributed by atoms with Crippen molar-refractivity contribution in [2.75, 3.05) is 6.61 Å². The predicted molar refractivity (Wildman–Crippen MR) is 72.2 cm³/mol. The van der Waals surface area contributed by atoms with Crippen LogP contribution in [-0.2, 0) is 16.0 Å². The van der Waals surface area contributed by atoms with Crippen LogP contribution in [0.1, 0.15) is 30.4 Å². The molecule has 19 heavy (non-hydrogen) atoms. The van der Waals surface area contributed by atoms with Crippen molar-refractivity contribution in [2.24, 2.45) is 0 Å². The molecule has 1 rings (SSSR count). The van der Waals surface area contributed by atoms with Crippen LogP contribution in [0.25, 0.3) is 0 Å². The van der Waals surface area contributed by atoms with Crippen LogP contribution in [0, 0.1) is 11.8 Å². The molecule has 0 spiro atoms. The van der Waals surface area contributed by atoms with Gasteiger partial charge >= 0.3 is 0 Å². The van der Waals surface area contributed by atoms with E-state index in [0.29, 0.717) is 12.8 Å². The summed E-state index contributed by atoms with van der Waals surface area (Å²) < 4.78 is 0. The Morgan fingerprint density at radius 2 is 2.05 bits per heavy atom. The number of aliphatic hydroxyl groups is 1. The monoisotopic (exact) mass is 259 g/mol. The minimum Gasteiger partial charge on any atom is -0.384 e. The van der Waals surface area contributed by atoms with E-state index in [1.54, 1.807) is 6.92 Å². The number of aryl methyl sites for hydroxylation is 1. The zero-order chi connectivity index (χ0) is 14.1. The fraction of sp³-hybridized carbons (Fsp3) is 0.333. The van der Waals surface area contributed by atoms with Crippen LogP contribution < -0.4 is 5.32 Å². The van der Waals surface area contributed by atoms with Gasteiger partial charge in [-0.15, -0.1) is 5.92 Å². The predicted octanol–water partition coefficient (Wildman–Crippen LogP) is 0.991. The fourth-order valence-electron chi connectivity index (χ4n) is 1.66. The molecule has 0 saturated carbocycles. The number of carbonyl (C=O) groups excluding carboxylic acids is 2. The number of aliphatic hydroxyl groups excluding tert-OH is 1. The van der Waals surface area contributed by atoms with E-state index in [1.165, 1.54) is 0 Å². The molecule has 0 aromatic heterocycles. The molecular formula is C15H17NO3. The number of benzene rings is 1. The maximum Gasteiger partial charge on any atom is 0.233 e. The molecule has 0 radical (unpaired) electrons. The summed E-state index contributed by atoms with van der Waals surface area (Å²) >= 11 is 0. The molecule has 1 aromatic rings. The van der Waals surface area contributed by atoms with E-state index in [0.717, 1.165) is 17.5 Å². The molecule has 2 N–H and O–H groups in total. The first-order chi connectivity index (χ1) is 9.19. The molecule has 2 amide bonds. The van der Waals surface area contributed by atoms with Gasteiger partial charge in [-0.25, -0.2) is 0 Å². The third-order valence-corrected chi connectivity index (χ3v) is 2.82. The number of nitrogens with one attached hydrogen (secondary N) is 1. The Balaban J connectivity index is 2.60. The molecule has 0 saturated heterocycles. The van der Waals surface area contributed by atoms with E-state index >= 15 is 0 Å². The molecular weight excluding hydrogens is 242 g/mol. The first-order valence-corrected chi connectivity index (χ1v) is 6.08. The summed E-state index contributed by atoms with van der Waals surface area (Å²) in [6.07, 6.45) is 1.90. The SMILES string of the molecule is CC(C(=O)NC=O)c1ccc(CCC#CCO)cc1. The molecule has 1 atom stereocenters. The minimum absolute atomic E-state index is 0.109. The highest BCUT2D eigenvalue weighted by molar-refractivity contribution is 5.90. The van der Waals surface area contributed by atoms with Crippen molar-refractivity contribution < 1.29 is 14.7 Å². The molecule has 0 heterocycles. The second-order valence-corrected chi connectivity index (χ2v) is 4.10. The van der Waals surface area contributed by atoms with Crippen molar-refractivity contribution in [2.45, 2.75) is 25.7 Å². The lowest BCUT2D eigenvalue weighted by molar-refractivity contribution is -0.126. The summed E-state index contributed by atoms with van der Waals surface area (Å²) in [5.41, 5.74) is 1.99. The molecule has 1 aromatic carbocycles. The fourth-order valence-corrected chi connectivity index (χ4v) is 1.66. The molecule has 0 bridgehead atoms. The number of amides is 2. The van der Waals surface area contributed by atoms with Crippen molar-refractivity contribution in [1.29, 1.82) is 0 Å². The summed E-state index contributed by atoms with van der Waals surface area (Å²) in [6.45, 7) is 1.64. The van der Waals surface area contributed by atoms with Gasteiger partial charge in [0.2, 0.25) is 12.3 Å². The van der Waals surface area contributed by atoms with Gasteiger partial charge in [0, 0.05) is 6.42 Å². The zero-order valence-electron chi connectivity index (χ0n) is 10.8. The first-order valence-electron chi connectivity index (χ1n) is 6.08. The van der Waals surface area contributed by atoms with E-state index < -0.39 is 0 Å². The van der Waals surface area contributed by atoms with Gasteiger partial charge in [-0.05, 0) is 24.5 Å². The summed E-state index contributed by atoms with van der Waals surface area (Å²) in [5, 5.41) is 10.7. The Morgan fingerprint density at radius 1 is 1.37 bits per heavy atom. The third-order valence-electron chi connectivity index (χ3n) is 2.82. The maximum absolute atomic E-state index is 11.5. The Labute approximate surface area is 112 Å². The highest BCUT2D eigenvalue weighted by Gasteiger charge is 2.13. The van der Waals surface area contributed by atoms with Crippen LogP contribution in [0.15, 0.2) is 24.3 Å². The highest BCUT2D eigenvalue weighted by Crippen LogP contribution is 2.16. The minimum atomic E-state index is -0.353. The topological polar surface area (TPSA) is 66.4 Å². The molecule has 1 unspecified atom stereocenters. The first kappa shape index (κ1) is 14.9. The van der Waals surface area contributed by atoms with Gasteiger partial charge in [0.05, 0.1) is 5.92 Å². The average Bonchev–Trinajstić information content (AvgIpc) is 2.44. The molecule has 4 nitrogen and oxygen atoms in total. The average molecular weight is 259 g/mol. The van der Waals surface area contributed by atoms with E-state index in [4.69, 9.17) is 5.11 Å². The van der Waals surface area contributed by atoms with Gasteiger partial charge in [-0.1, -0.05) is 30.2 Å². The molecule has 100 valence electrons. The second-order valence-electron chi connectivity index (χ2n) is 4.10. The zero-order valence-corrected chi connectivity index (χ0v) is 10.8. The van der Waals surface area contributed by atoms with E-state index in [9.17, 15) is 9.59 Å². The molecule has 0 aliphatic heterocycles. The van der Waals surface area contributed by atoms with E-state index in [-0.39, 0.29) is 18.4 Å². The van der Waals surface area contributed by atoms with Crippen LogP contribution in [0.2, 0.25) is 0 Å². The molecule has 0 aliphatic carbocycles. The second kappa shape index (κ2) is 8.06. The van der Waals surface area contributed by atoms with Gasteiger partial charge in [0.15, 0.2) is 0 Å². The van der Waals surface area contributed by atoms with Gasteiger partial charge in [0.1, 0.15) is 6.61 Å². The molecule has 4 heteroatoms. The lowest BCUT2D eigenvalue weighted by Gasteiger charge is -2.10. The number of carbonyl (C=O) groups is 2. The smallest absolute Gasteiger partial charge is 0.233 e. The Hall–Kier alpha value is -2.12. The summed E-state index contributed by atoms with van der Waals surface area (Å²) in [6, 6.07) is 7.65. The number of imide groups is 1. The molecule has 0 aliphatic rings. The number of hydrogen-bond acceptors (Lipinski definition) is 3. The number of rotatable bonds is 5. The number of hydrogen-bond donors (Lipinski definition) is 2. The van der Waals surface area contributed by atoms with Crippen molar-refractivity contribution in [3.63, 3.8) is 0 Å². The Kier molecular flexibility index (Phi) is 6.34. The lowest BCUT2D eigenvalue weighted by Crippen LogP contribution is -2.26. The van der Waals surface area contributed by atoms with E-state index in [2.05, 4.69) is 17.2 Å². The Bertz CT molecular complexity index is 482. The van der Waals surface area contributed by atoms with Crippen molar-refractivity contribution in [1.82, 2.24) is 5.32 Å². The van der Waals surface area contributed by atoms with Crippen molar-refractivity contribution in [3.05, 3.63) is 35.4 Å². The van der Waals surface area contributed by atoms with Gasteiger partial charge < -0.3 is 5.11 Å². The van der Waals surface area contributed by atoms with Crippen LogP contribution in [-0.4, -0.2) is 24.0 Å². The lowest BCUT2D eigenvalue weighted by atomic mass is 9.98. The largest absolute Gasteiger partial charge is 0.384 e. The van der Waals surface area contributed by atoms with Crippen LogP contribution in [0.4, 0.5) is 0 Å².